The summed E-state index contributed by atoms with van der Waals surface area (Å²) in [4.78, 5) is 38.3. The SMILES string of the molecule is CC(C)(C)OC(=O)N1CCCC(C(=O)OCC(=O)Nc2ccccc2SC(F)F)C1. The Morgan fingerprint density at radius 2 is 1.97 bits per heavy atom. The average Bonchev–Trinajstić information content (AvgIpc) is 2.66. The van der Waals surface area contributed by atoms with Crippen molar-refractivity contribution in [2.75, 3.05) is 25.0 Å². The number of para-hydroxylation sites is 1. The lowest BCUT2D eigenvalue weighted by Crippen LogP contribution is -2.45. The lowest BCUT2D eigenvalue weighted by atomic mass is 9.98. The van der Waals surface area contributed by atoms with E-state index in [4.69, 9.17) is 9.47 Å². The molecule has 2 rings (SSSR count). The van der Waals surface area contributed by atoms with Crippen LogP contribution in [0.4, 0.5) is 19.3 Å². The largest absolute Gasteiger partial charge is 0.455 e. The summed E-state index contributed by atoms with van der Waals surface area (Å²) in [7, 11) is 0. The van der Waals surface area contributed by atoms with Crippen LogP contribution in [0.2, 0.25) is 0 Å². The van der Waals surface area contributed by atoms with Crippen LogP contribution < -0.4 is 5.32 Å². The Morgan fingerprint density at radius 3 is 2.63 bits per heavy atom. The van der Waals surface area contributed by atoms with E-state index in [0.717, 1.165) is 0 Å². The smallest absolute Gasteiger partial charge is 0.410 e. The molecular formula is C20H26F2N2O5S. The molecule has 1 aromatic rings. The summed E-state index contributed by atoms with van der Waals surface area (Å²) < 4.78 is 35.6. The number of rotatable bonds is 6. The molecule has 1 unspecified atom stereocenters. The quantitative estimate of drug-likeness (QED) is 0.525. The molecule has 166 valence electrons. The molecule has 1 aliphatic rings. The van der Waals surface area contributed by atoms with Crippen molar-refractivity contribution >= 4 is 35.4 Å². The lowest BCUT2D eigenvalue weighted by molar-refractivity contribution is -0.153. The number of thioether (sulfide) groups is 1. The van der Waals surface area contributed by atoms with Gasteiger partial charge in [-0.1, -0.05) is 23.9 Å². The third-order valence-corrected chi connectivity index (χ3v) is 4.92. The van der Waals surface area contributed by atoms with Crippen molar-refractivity contribution in [2.45, 2.75) is 49.9 Å². The van der Waals surface area contributed by atoms with Crippen molar-refractivity contribution in [3.63, 3.8) is 0 Å². The molecule has 1 heterocycles. The van der Waals surface area contributed by atoms with Gasteiger partial charge in [-0.15, -0.1) is 0 Å². The Morgan fingerprint density at radius 1 is 1.27 bits per heavy atom. The predicted molar refractivity (Wildman–Crippen MR) is 108 cm³/mol. The van der Waals surface area contributed by atoms with E-state index >= 15 is 0 Å². The van der Waals surface area contributed by atoms with Crippen molar-refractivity contribution in [3.05, 3.63) is 24.3 Å². The molecule has 1 aromatic carbocycles. The fraction of sp³-hybridized carbons (Fsp3) is 0.550. The summed E-state index contributed by atoms with van der Waals surface area (Å²) in [6, 6.07) is 6.14. The van der Waals surface area contributed by atoms with Gasteiger partial charge in [-0.25, -0.2) is 4.79 Å². The second kappa shape index (κ2) is 10.6. The fourth-order valence-electron chi connectivity index (χ4n) is 2.87. The number of halogens is 2. The number of ether oxygens (including phenoxy) is 2. The minimum Gasteiger partial charge on any atom is -0.455 e. The Balaban J connectivity index is 1.85. The van der Waals surface area contributed by atoms with Crippen molar-refractivity contribution in [2.24, 2.45) is 5.92 Å². The zero-order valence-electron chi connectivity index (χ0n) is 17.2. The third kappa shape index (κ3) is 7.81. The van der Waals surface area contributed by atoms with Crippen LogP contribution in [0.1, 0.15) is 33.6 Å². The standard InChI is InChI=1S/C20H26F2N2O5S/c1-20(2,3)29-19(27)24-10-6-7-13(11-24)17(26)28-12-16(25)23-14-8-4-5-9-15(14)30-18(21)22/h4-5,8-9,13,18H,6-7,10-12H2,1-3H3,(H,23,25). The minimum atomic E-state index is -2.62. The summed E-state index contributed by atoms with van der Waals surface area (Å²) in [5, 5.41) is 2.47. The normalized spacial score (nSPS) is 16.9. The zero-order chi connectivity index (χ0) is 22.3. The monoisotopic (exact) mass is 444 g/mol. The van der Waals surface area contributed by atoms with E-state index in [-0.39, 0.29) is 17.1 Å². The van der Waals surface area contributed by atoms with Crippen molar-refractivity contribution in [3.8, 4) is 0 Å². The Labute approximate surface area is 178 Å². The van der Waals surface area contributed by atoms with Gasteiger partial charge >= 0.3 is 12.1 Å². The number of benzene rings is 1. The number of anilines is 1. The van der Waals surface area contributed by atoms with Gasteiger partial charge in [0.15, 0.2) is 6.61 Å². The molecule has 1 saturated heterocycles. The highest BCUT2D eigenvalue weighted by atomic mass is 32.2. The number of likely N-dealkylation sites (tertiary alicyclic amines) is 1. The second-order valence-corrected chi connectivity index (χ2v) is 8.83. The molecule has 0 radical (unpaired) electrons. The first kappa shape index (κ1) is 23.9. The van der Waals surface area contributed by atoms with Gasteiger partial charge in [0.05, 0.1) is 11.6 Å². The molecule has 1 atom stereocenters. The number of alkyl halides is 2. The van der Waals surface area contributed by atoms with Crippen LogP contribution in [0, 0.1) is 5.92 Å². The molecule has 0 aromatic heterocycles. The maximum absolute atomic E-state index is 12.6. The van der Waals surface area contributed by atoms with Gasteiger partial charge in [-0.3, -0.25) is 9.59 Å². The van der Waals surface area contributed by atoms with E-state index in [1.54, 1.807) is 32.9 Å². The van der Waals surface area contributed by atoms with Gasteiger partial charge < -0.3 is 19.7 Å². The second-order valence-electron chi connectivity index (χ2n) is 7.80. The molecule has 10 heteroatoms. The van der Waals surface area contributed by atoms with Crippen molar-refractivity contribution in [1.29, 1.82) is 0 Å². The van der Waals surface area contributed by atoms with Crippen LogP contribution in [0.3, 0.4) is 0 Å². The van der Waals surface area contributed by atoms with Crippen molar-refractivity contribution in [1.82, 2.24) is 4.90 Å². The summed E-state index contributed by atoms with van der Waals surface area (Å²) in [6.45, 7) is 5.38. The number of carbonyl (C=O) groups is 3. The highest BCUT2D eigenvalue weighted by Crippen LogP contribution is 2.31. The van der Waals surface area contributed by atoms with E-state index in [9.17, 15) is 23.2 Å². The van der Waals surface area contributed by atoms with E-state index < -0.39 is 41.9 Å². The van der Waals surface area contributed by atoms with Crippen LogP contribution in [0.5, 0.6) is 0 Å². The molecular weight excluding hydrogens is 418 g/mol. The number of hydrogen-bond acceptors (Lipinski definition) is 6. The first-order valence-corrected chi connectivity index (χ1v) is 10.4. The van der Waals surface area contributed by atoms with E-state index in [1.165, 1.54) is 17.0 Å². The van der Waals surface area contributed by atoms with Gasteiger partial charge in [0.25, 0.3) is 11.7 Å². The molecule has 7 nitrogen and oxygen atoms in total. The number of hydrogen-bond donors (Lipinski definition) is 1. The minimum absolute atomic E-state index is 0.156. The van der Waals surface area contributed by atoms with Gasteiger partial charge in [0.2, 0.25) is 0 Å². The van der Waals surface area contributed by atoms with Crippen LogP contribution in [-0.2, 0) is 19.1 Å². The maximum atomic E-state index is 12.6. The first-order chi connectivity index (χ1) is 14.0. The number of nitrogens with one attached hydrogen (secondary N) is 1. The van der Waals surface area contributed by atoms with E-state index in [1.807, 2.05) is 0 Å². The summed E-state index contributed by atoms with van der Waals surface area (Å²) in [5.74, 6) is -4.40. The maximum Gasteiger partial charge on any atom is 0.410 e. The highest BCUT2D eigenvalue weighted by molar-refractivity contribution is 7.99. The number of carbonyl (C=O) groups excluding carboxylic acids is 3. The average molecular weight is 445 g/mol. The molecule has 2 amide bonds. The molecule has 30 heavy (non-hydrogen) atoms. The number of nitrogens with zero attached hydrogens (tertiary/aromatic N) is 1. The molecule has 0 saturated carbocycles. The van der Waals surface area contributed by atoms with Gasteiger partial charge in [-0.2, -0.15) is 8.78 Å². The summed E-state index contributed by atoms with van der Waals surface area (Å²) in [6.07, 6.45) is 0.655. The van der Waals surface area contributed by atoms with Crippen LogP contribution in [-0.4, -0.2) is 53.9 Å². The Bertz CT molecular complexity index is 770. The fourth-order valence-corrected chi connectivity index (χ4v) is 3.47. The van der Waals surface area contributed by atoms with Gasteiger partial charge in [0.1, 0.15) is 5.60 Å². The van der Waals surface area contributed by atoms with Crippen molar-refractivity contribution < 1.29 is 32.6 Å². The van der Waals surface area contributed by atoms with Crippen LogP contribution in [0.25, 0.3) is 0 Å². The topological polar surface area (TPSA) is 84.9 Å². The summed E-state index contributed by atoms with van der Waals surface area (Å²) >= 11 is 0.316. The molecule has 1 fully saturated rings. The van der Waals surface area contributed by atoms with Gasteiger partial charge in [-0.05, 0) is 45.7 Å². The third-order valence-electron chi connectivity index (χ3n) is 4.13. The first-order valence-electron chi connectivity index (χ1n) is 9.53. The molecule has 1 aliphatic heterocycles. The number of amides is 2. The van der Waals surface area contributed by atoms with E-state index in [0.29, 0.717) is 31.1 Å². The van der Waals surface area contributed by atoms with Crippen LogP contribution in [0.15, 0.2) is 29.2 Å². The molecule has 0 spiro atoms. The molecule has 0 bridgehead atoms. The van der Waals surface area contributed by atoms with Gasteiger partial charge in [0, 0.05) is 18.0 Å². The number of piperidine rings is 1. The molecule has 1 N–H and O–H groups in total. The lowest BCUT2D eigenvalue weighted by Gasteiger charge is -2.33. The molecule has 0 aliphatic carbocycles. The predicted octanol–water partition coefficient (Wildman–Crippen LogP) is 4.13. The zero-order valence-corrected chi connectivity index (χ0v) is 18.0. The van der Waals surface area contributed by atoms with E-state index in [2.05, 4.69) is 5.32 Å². The summed E-state index contributed by atoms with van der Waals surface area (Å²) in [5.41, 5.74) is -0.417. The Kier molecular flexibility index (Phi) is 8.45. The Hall–Kier alpha value is -2.36. The van der Waals surface area contributed by atoms with Crippen LogP contribution >= 0.6 is 11.8 Å². The highest BCUT2D eigenvalue weighted by Gasteiger charge is 2.32. The number of esters is 1.